The monoisotopic (exact) mass is 249 g/mol. The van der Waals surface area contributed by atoms with Crippen LogP contribution >= 0.6 is 0 Å². The molecule has 1 unspecified atom stereocenters. The molecule has 0 fully saturated rings. The molecule has 18 heavy (non-hydrogen) atoms. The number of hydrogen-bond donors (Lipinski definition) is 1. The number of hydrogen-bond acceptors (Lipinski definition) is 3. The van der Waals surface area contributed by atoms with Crippen LogP contribution < -0.4 is 0 Å². The second-order valence-corrected chi connectivity index (χ2v) is 5.30. The summed E-state index contributed by atoms with van der Waals surface area (Å²) in [5.74, 6) is 0.546. The van der Waals surface area contributed by atoms with Crippen molar-refractivity contribution in [2.24, 2.45) is 0 Å². The Morgan fingerprint density at radius 3 is 2.83 bits per heavy atom. The average Bonchev–Trinajstić information content (AvgIpc) is 2.37. The van der Waals surface area contributed by atoms with E-state index in [4.69, 9.17) is 9.84 Å². The molecule has 1 heterocycles. The SMILES string of the molecule is COC1CN(CCO)Cc2cc(C(C)C)ccc21. The number of fused-ring (bicyclic) bond motifs is 1. The Kier molecular flexibility index (Phi) is 4.38. The number of nitrogens with zero attached hydrogens (tertiary/aromatic N) is 1. The standard InChI is InChI=1S/C15H23NO2/c1-11(2)12-4-5-14-13(8-12)9-16(6-7-17)10-15(14)18-3/h4-5,8,11,15,17H,6-7,9-10H2,1-3H3. The molecule has 3 heteroatoms. The van der Waals surface area contributed by atoms with Gasteiger partial charge in [0.1, 0.15) is 0 Å². The van der Waals surface area contributed by atoms with E-state index in [-0.39, 0.29) is 12.7 Å². The van der Waals surface area contributed by atoms with Gasteiger partial charge in [0.25, 0.3) is 0 Å². The average molecular weight is 249 g/mol. The first kappa shape index (κ1) is 13.5. The van der Waals surface area contributed by atoms with Gasteiger partial charge in [-0.2, -0.15) is 0 Å². The number of ether oxygens (including phenoxy) is 1. The molecule has 1 aliphatic heterocycles. The van der Waals surface area contributed by atoms with Crippen molar-refractivity contribution in [1.29, 1.82) is 0 Å². The molecular formula is C15H23NO2. The maximum atomic E-state index is 9.09. The molecule has 100 valence electrons. The van der Waals surface area contributed by atoms with Gasteiger partial charge in [-0.1, -0.05) is 32.0 Å². The molecule has 0 aromatic heterocycles. The summed E-state index contributed by atoms with van der Waals surface area (Å²) in [7, 11) is 1.76. The molecule has 0 saturated carbocycles. The highest BCUT2D eigenvalue weighted by Crippen LogP contribution is 2.30. The lowest BCUT2D eigenvalue weighted by Gasteiger charge is -2.34. The number of benzene rings is 1. The van der Waals surface area contributed by atoms with Gasteiger partial charge in [0.05, 0.1) is 12.7 Å². The van der Waals surface area contributed by atoms with Crippen molar-refractivity contribution >= 4 is 0 Å². The zero-order valence-corrected chi connectivity index (χ0v) is 11.5. The van der Waals surface area contributed by atoms with E-state index in [9.17, 15) is 0 Å². The van der Waals surface area contributed by atoms with Crippen molar-refractivity contribution in [3.63, 3.8) is 0 Å². The summed E-state index contributed by atoms with van der Waals surface area (Å²) in [6, 6.07) is 6.70. The first-order valence-corrected chi connectivity index (χ1v) is 6.64. The smallest absolute Gasteiger partial charge is 0.0951 e. The van der Waals surface area contributed by atoms with Crippen LogP contribution in [-0.2, 0) is 11.3 Å². The quantitative estimate of drug-likeness (QED) is 0.889. The van der Waals surface area contributed by atoms with E-state index < -0.39 is 0 Å². The molecule has 0 saturated heterocycles. The molecule has 1 aliphatic rings. The van der Waals surface area contributed by atoms with Gasteiger partial charge in [-0.15, -0.1) is 0 Å². The molecular weight excluding hydrogens is 226 g/mol. The fourth-order valence-electron chi connectivity index (χ4n) is 2.59. The van der Waals surface area contributed by atoms with Crippen LogP contribution in [0, 0.1) is 0 Å². The molecule has 0 radical (unpaired) electrons. The van der Waals surface area contributed by atoms with Crippen molar-refractivity contribution in [3.05, 3.63) is 34.9 Å². The van der Waals surface area contributed by atoms with Crippen molar-refractivity contribution in [2.75, 3.05) is 26.8 Å². The molecule has 1 aromatic rings. The molecule has 0 spiro atoms. The minimum absolute atomic E-state index is 0.126. The summed E-state index contributed by atoms with van der Waals surface area (Å²) in [6.07, 6.45) is 0.126. The Hall–Kier alpha value is -0.900. The minimum atomic E-state index is 0.126. The highest BCUT2D eigenvalue weighted by Gasteiger charge is 2.25. The molecule has 0 amide bonds. The number of aliphatic hydroxyl groups excluding tert-OH is 1. The summed E-state index contributed by atoms with van der Waals surface area (Å²) < 4.78 is 5.57. The number of rotatable bonds is 4. The van der Waals surface area contributed by atoms with Crippen LogP contribution in [0.3, 0.4) is 0 Å². The van der Waals surface area contributed by atoms with E-state index in [0.29, 0.717) is 12.5 Å². The number of methoxy groups -OCH3 is 1. The van der Waals surface area contributed by atoms with Gasteiger partial charge in [0.2, 0.25) is 0 Å². The molecule has 2 rings (SSSR count). The Labute approximate surface area is 109 Å². The van der Waals surface area contributed by atoms with Crippen LogP contribution in [0.15, 0.2) is 18.2 Å². The highest BCUT2D eigenvalue weighted by molar-refractivity contribution is 5.36. The number of aliphatic hydroxyl groups is 1. The fourth-order valence-corrected chi connectivity index (χ4v) is 2.59. The van der Waals surface area contributed by atoms with E-state index in [1.807, 2.05) is 0 Å². The largest absolute Gasteiger partial charge is 0.395 e. The van der Waals surface area contributed by atoms with Crippen molar-refractivity contribution < 1.29 is 9.84 Å². The predicted octanol–water partition coefficient (Wildman–Crippen LogP) is 2.31. The van der Waals surface area contributed by atoms with E-state index >= 15 is 0 Å². The summed E-state index contributed by atoms with van der Waals surface area (Å²) in [4.78, 5) is 2.25. The van der Waals surface area contributed by atoms with Gasteiger partial charge in [0.15, 0.2) is 0 Å². The highest BCUT2D eigenvalue weighted by atomic mass is 16.5. The van der Waals surface area contributed by atoms with Crippen LogP contribution in [0.5, 0.6) is 0 Å². The third-order valence-electron chi connectivity index (χ3n) is 3.70. The van der Waals surface area contributed by atoms with Gasteiger partial charge in [-0.3, -0.25) is 4.90 Å². The van der Waals surface area contributed by atoms with E-state index in [2.05, 4.69) is 36.9 Å². The second-order valence-electron chi connectivity index (χ2n) is 5.30. The van der Waals surface area contributed by atoms with Crippen LogP contribution in [0.1, 0.15) is 42.6 Å². The number of β-amino-alcohol motifs (C(OH)–C–C–N with tert-alkyl or cyclic N) is 1. The Morgan fingerprint density at radius 1 is 1.44 bits per heavy atom. The van der Waals surface area contributed by atoms with Crippen molar-refractivity contribution in [1.82, 2.24) is 4.90 Å². The van der Waals surface area contributed by atoms with Crippen molar-refractivity contribution in [2.45, 2.75) is 32.4 Å². The lowest BCUT2D eigenvalue weighted by molar-refractivity contribution is 0.0418. The topological polar surface area (TPSA) is 32.7 Å². The van der Waals surface area contributed by atoms with Crippen LogP contribution in [0.2, 0.25) is 0 Å². The van der Waals surface area contributed by atoms with Crippen LogP contribution in [0.25, 0.3) is 0 Å². The van der Waals surface area contributed by atoms with Gasteiger partial charge >= 0.3 is 0 Å². The molecule has 3 nitrogen and oxygen atoms in total. The zero-order valence-electron chi connectivity index (χ0n) is 11.5. The van der Waals surface area contributed by atoms with Gasteiger partial charge < -0.3 is 9.84 Å². The third-order valence-corrected chi connectivity index (χ3v) is 3.70. The van der Waals surface area contributed by atoms with Crippen molar-refractivity contribution in [3.8, 4) is 0 Å². The van der Waals surface area contributed by atoms with E-state index in [0.717, 1.165) is 13.1 Å². The fraction of sp³-hybridized carbons (Fsp3) is 0.600. The maximum absolute atomic E-state index is 9.09. The third kappa shape index (κ3) is 2.74. The minimum Gasteiger partial charge on any atom is -0.395 e. The zero-order chi connectivity index (χ0) is 13.1. The van der Waals surface area contributed by atoms with Crippen LogP contribution in [-0.4, -0.2) is 36.8 Å². The van der Waals surface area contributed by atoms with E-state index in [1.54, 1.807) is 7.11 Å². The van der Waals surface area contributed by atoms with E-state index in [1.165, 1.54) is 16.7 Å². The second kappa shape index (κ2) is 5.83. The van der Waals surface area contributed by atoms with Crippen LogP contribution in [0.4, 0.5) is 0 Å². The predicted molar refractivity (Wildman–Crippen MR) is 72.6 cm³/mol. The maximum Gasteiger partial charge on any atom is 0.0951 e. The molecule has 0 aliphatic carbocycles. The first-order valence-electron chi connectivity index (χ1n) is 6.64. The first-order chi connectivity index (χ1) is 8.65. The molecule has 1 aromatic carbocycles. The van der Waals surface area contributed by atoms with Gasteiger partial charge in [-0.05, 0) is 22.6 Å². The molecule has 1 N–H and O–H groups in total. The molecule has 0 bridgehead atoms. The van der Waals surface area contributed by atoms with Gasteiger partial charge in [-0.25, -0.2) is 0 Å². The summed E-state index contributed by atoms with van der Waals surface area (Å²) >= 11 is 0. The molecule has 1 atom stereocenters. The Balaban J connectivity index is 2.29. The Morgan fingerprint density at radius 2 is 2.22 bits per heavy atom. The summed E-state index contributed by atoms with van der Waals surface area (Å²) in [5.41, 5.74) is 4.01. The van der Waals surface area contributed by atoms with Gasteiger partial charge in [0, 0.05) is 26.7 Å². The normalized spacial score (nSPS) is 20.2. The summed E-state index contributed by atoms with van der Waals surface area (Å²) in [5, 5.41) is 9.09. The lowest BCUT2D eigenvalue weighted by atomic mass is 9.92. The Bertz CT molecular complexity index is 403. The summed E-state index contributed by atoms with van der Waals surface area (Å²) in [6.45, 7) is 7.12. The lowest BCUT2D eigenvalue weighted by Crippen LogP contribution is -2.36.